The van der Waals surface area contributed by atoms with E-state index in [1.807, 2.05) is 0 Å². The topological polar surface area (TPSA) is 72.2 Å². The summed E-state index contributed by atoms with van der Waals surface area (Å²) < 4.78 is 15.6. The first-order valence-electron chi connectivity index (χ1n) is 5.57. The summed E-state index contributed by atoms with van der Waals surface area (Å²) in [5.74, 6) is -1.04. The zero-order chi connectivity index (χ0) is 14.1. The smallest absolute Gasteiger partial charge is 0.276 e. The maximum atomic E-state index is 13.6. The monoisotopic (exact) mass is 335 g/mol. The predicted octanol–water partition coefficient (Wildman–Crippen LogP) is 2.28. The lowest BCUT2D eigenvalue weighted by Gasteiger charge is -2.06. The molecule has 0 aliphatic carbocycles. The van der Waals surface area contributed by atoms with Crippen LogP contribution in [0.15, 0.2) is 41.1 Å². The summed E-state index contributed by atoms with van der Waals surface area (Å²) in [6.07, 6.45) is 1.38. The van der Waals surface area contributed by atoms with Gasteiger partial charge in [0.2, 0.25) is 0 Å². The van der Waals surface area contributed by atoms with E-state index in [1.54, 1.807) is 12.1 Å². The second-order valence-electron chi connectivity index (χ2n) is 3.93. The molecule has 1 amide bonds. The lowest BCUT2D eigenvalue weighted by atomic mass is 10.3. The molecule has 0 radical (unpaired) electrons. The Morgan fingerprint density at radius 3 is 2.95 bits per heavy atom. The normalized spacial score (nSPS) is 10.7. The first-order valence-corrected chi connectivity index (χ1v) is 6.36. The van der Waals surface area contributed by atoms with Crippen LogP contribution in [0.3, 0.4) is 0 Å². The van der Waals surface area contributed by atoms with Crippen LogP contribution in [0.1, 0.15) is 10.5 Å². The lowest BCUT2D eigenvalue weighted by molar-refractivity contribution is 0.102. The maximum absolute atomic E-state index is 13.6. The Morgan fingerprint density at radius 2 is 2.15 bits per heavy atom. The average molecular weight is 336 g/mol. The lowest BCUT2D eigenvalue weighted by Crippen LogP contribution is -2.16. The summed E-state index contributed by atoms with van der Waals surface area (Å²) in [6, 6.07) is 7.47. The van der Waals surface area contributed by atoms with Crippen molar-refractivity contribution in [3.63, 3.8) is 0 Å². The van der Waals surface area contributed by atoms with Gasteiger partial charge < -0.3 is 5.32 Å². The molecule has 100 valence electrons. The summed E-state index contributed by atoms with van der Waals surface area (Å²) >= 11 is 3.15. The van der Waals surface area contributed by atoms with Gasteiger partial charge in [0.25, 0.3) is 5.91 Å². The Labute approximate surface area is 120 Å². The fourth-order valence-corrected chi connectivity index (χ4v) is 1.96. The summed E-state index contributed by atoms with van der Waals surface area (Å²) in [6.45, 7) is 0. The molecule has 8 heteroatoms. The third-order valence-electron chi connectivity index (χ3n) is 2.57. The van der Waals surface area contributed by atoms with Crippen LogP contribution in [0.2, 0.25) is 0 Å². The van der Waals surface area contributed by atoms with Crippen LogP contribution >= 0.6 is 15.9 Å². The molecule has 0 saturated carbocycles. The number of hydrogen-bond donors (Lipinski definition) is 1. The van der Waals surface area contributed by atoms with Gasteiger partial charge in [-0.05, 0) is 30.3 Å². The highest BCUT2D eigenvalue weighted by Gasteiger charge is 2.12. The Hall–Kier alpha value is -2.35. The summed E-state index contributed by atoms with van der Waals surface area (Å²) in [5, 5.41) is 13.9. The Morgan fingerprint density at radius 1 is 1.30 bits per heavy atom. The van der Waals surface area contributed by atoms with Crippen molar-refractivity contribution in [3.05, 3.63) is 52.6 Å². The standard InChI is InChI=1S/C12H7BrFN5O/c13-7-1-2-9(8(14)5-7)16-12(20)10-3-4-11-17-15-6-19(11)18-10/h1-6H,(H,16,20). The Kier molecular flexibility index (Phi) is 3.15. The van der Waals surface area contributed by atoms with Crippen molar-refractivity contribution in [1.29, 1.82) is 0 Å². The van der Waals surface area contributed by atoms with Crippen LogP contribution in [0.25, 0.3) is 5.65 Å². The number of anilines is 1. The molecule has 6 nitrogen and oxygen atoms in total. The van der Waals surface area contributed by atoms with E-state index in [2.05, 4.69) is 36.5 Å². The molecule has 2 aromatic heterocycles. The molecule has 3 aromatic rings. The molecule has 1 aromatic carbocycles. The number of carbonyl (C=O) groups is 1. The SMILES string of the molecule is O=C(Nc1ccc(Br)cc1F)c1ccc2nncn2n1. The predicted molar refractivity (Wildman–Crippen MR) is 72.8 cm³/mol. The van der Waals surface area contributed by atoms with Crippen LogP contribution in [-0.2, 0) is 0 Å². The zero-order valence-electron chi connectivity index (χ0n) is 9.92. The number of rotatable bonds is 2. The molecule has 0 aliphatic heterocycles. The second kappa shape index (κ2) is 4.97. The fraction of sp³-hybridized carbons (Fsp3) is 0. The number of fused-ring (bicyclic) bond motifs is 1. The minimum absolute atomic E-state index is 0.0869. The molecule has 0 fully saturated rings. The largest absolute Gasteiger partial charge is 0.318 e. The van der Waals surface area contributed by atoms with Gasteiger partial charge in [-0.15, -0.1) is 10.2 Å². The van der Waals surface area contributed by atoms with Crippen LogP contribution < -0.4 is 5.32 Å². The number of carbonyl (C=O) groups excluding carboxylic acids is 1. The number of hydrogen-bond acceptors (Lipinski definition) is 4. The molecule has 20 heavy (non-hydrogen) atoms. The van der Waals surface area contributed by atoms with Crippen molar-refractivity contribution in [2.45, 2.75) is 0 Å². The number of benzene rings is 1. The van der Waals surface area contributed by atoms with Crippen LogP contribution in [0.4, 0.5) is 10.1 Å². The van der Waals surface area contributed by atoms with E-state index in [9.17, 15) is 9.18 Å². The van der Waals surface area contributed by atoms with Crippen LogP contribution in [0.5, 0.6) is 0 Å². The van der Waals surface area contributed by atoms with Gasteiger partial charge in [-0.25, -0.2) is 4.39 Å². The quantitative estimate of drug-likeness (QED) is 0.779. The molecular formula is C12H7BrFN5O. The molecule has 1 N–H and O–H groups in total. The van der Waals surface area contributed by atoms with Crippen molar-refractivity contribution >= 4 is 33.2 Å². The van der Waals surface area contributed by atoms with Crippen molar-refractivity contribution in [2.24, 2.45) is 0 Å². The van der Waals surface area contributed by atoms with Gasteiger partial charge in [0.05, 0.1) is 5.69 Å². The van der Waals surface area contributed by atoms with Gasteiger partial charge in [-0.1, -0.05) is 15.9 Å². The number of halogens is 2. The first kappa shape index (κ1) is 12.7. The van der Waals surface area contributed by atoms with Gasteiger partial charge in [-0.3, -0.25) is 4.79 Å². The highest BCUT2D eigenvalue weighted by Crippen LogP contribution is 2.19. The molecule has 0 bridgehead atoms. The van der Waals surface area contributed by atoms with E-state index in [0.717, 1.165) is 0 Å². The Balaban J connectivity index is 1.88. The number of nitrogens with zero attached hydrogens (tertiary/aromatic N) is 4. The van der Waals surface area contributed by atoms with E-state index >= 15 is 0 Å². The highest BCUT2D eigenvalue weighted by atomic mass is 79.9. The average Bonchev–Trinajstić information content (AvgIpc) is 2.89. The summed E-state index contributed by atoms with van der Waals surface area (Å²) in [5.41, 5.74) is 0.750. The molecule has 3 rings (SSSR count). The van der Waals surface area contributed by atoms with E-state index in [4.69, 9.17) is 0 Å². The third-order valence-corrected chi connectivity index (χ3v) is 3.07. The summed E-state index contributed by atoms with van der Waals surface area (Å²) in [7, 11) is 0. The van der Waals surface area contributed by atoms with E-state index in [-0.39, 0.29) is 11.4 Å². The van der Waals surface area contributed by atoms with Gasteiger partial charge in [0, 0.05) is 4.47 Å². The van der Waals surface area contributed by atoms with Crippen molar-refractivity contribution in [2.75, 3.05) is 5.32 Å². The van der Waals surface area contributed by atoms with Crippen molar-refractivity contribution in [3.8, 4) is 0 Å². The van der Waals surface area contributed by atoms with Crippen LogP contribution in [-0.4, -0.2) is 25.7 Å². The number of aromatic nitrogens is 4. The van der Waals surface area contributed by atoms with E-state index < -0.39 is 11.7 Å². The second-order valence-corrected chi connectivity index (χ2v) is 4.85. The van der Waals surface area contributed by atoms with Crippen LogP contribution in [0, 0.1) is 5.82 Å². The van der Waals surface area contributed by atoms with Gasteiger partial charge in [0.1, 0.15) is 17.8 Å². The molecule has 0 aliphatic rings. The highest BCUT2D eigenvalue weighted by molar-refractivity contribution is 9.10. The molecular weight excluding hydrogens is 329 g/mol. The fourth-order valence-electron chi connectivity index (χ4n) is 1.63. The summed E-state index contributed by atoms with van der Waals surface area (Å²) in [4.78, 5) is 12.0. The number of nitrogens with one attached hydrogen (secondary N) is 1. The molecule has 0 saturated heterocycles. The third kappa shape index (κ3) is 2.37. The van der Waals surface area contributed by atoms with E-state index in [1.165, 1.54) is 29.0 Å². The van der Waals surface area contributed by atoms with E-state index in [0.29, 0.717) is 10.1 Å². The Bertz CT molecular complexity index is 803. The minimum Gasteiger partial charge on any atom is -0.318 e. The van der Waals surface area contributed by atoms with Crippen molar-refractivity contribution in [1.82, 2.24) is 19.8 Å². The molecule has 2 heterocycles. The zero-order valence-corrected chi connectivity index (χ0v) is 11.5. The first-order chi connectivity index (χ1) is 9.63. The van der Waals surface area contributed by atoms with Gasteiger partial charge in [0.15, 0.2) is 5.65 Å². The van der Waals surface area contributed by atoms with Gasteiger partial charge in [-0.2, -0.15) is 9.61 Å². The maximum Gasteiger partial charge on any atom is 0.276 e. The molecule has 0 atom stereocenters. The minimum atomic E-state index is -0.530. The van der Waals surface area contributed by atoms with Gasteiger partial charge >= 0.3 is 0 Å². The molecule has 0 unspecified atom stereocenters. The number of amides is 1. The molecule has 0 spiro atoms. The van der Waals surface area contributed by atoms with Crippen molar-refractivity contribution < 1.29 is 9.18 Å².